The molecule has 0 aliphatic heterocycles. The molecule has 1 aliphatic carbocycles. The number of nitrogens with zero attached hydrogens (tertiary/aromatic N) is 1. The lowest BCUT2D eigenvalue weighted by molar-refractivity contribution is 0.0947. The topological polar surface area (TPSA) is 74.8 Å². The molecule has 5 nitrogen and oxygen atoms in total. The quantitative estimate of drug-likeness (QED) is 0.374. The van der Waals surface area contributed by atoms with Crippen molar-refractivity contribution in [3.8, 4) is 5.75 Å². The van der Waals surface area contributed by atoms with Crippen LogP contribution in [0.3, 0.4) is 0 Å². The Morgan fingerprint density at radius 3 is 2.91 bits per heavy atom. The predicted octanol–water partition coefficient (Wildman–Crippen LogP) is 6.64. The average molecular weight is 515 g/mol. The first-order valence-corrected chi connectivity index (χ1v) is 12.3. The van der Waals surface area contributed by atoms with Crippen molar-refractivity contribution in [2.75, 3.05) is 0 Å². The van der Waals surface area contributed by atoms with Crippen LogP contribution in [0.4, 0.5) is 5.00 Å². The molecule has 1 aliphatic rings. The van der Waals surface area contributed by atoms with Gasteiger partial charge in [0.1, 0.15) is 16.5 Å². The van der Waals surface area contributed by atoms with Crippen molar-refractivity contribution in [1.82, 2.24) is 5.32 Å². The fourth-order valence-electron chi connectivity index (χ4n) is 4.06. The summed E-state index contributed by atoms with van der Waals surface area (Å²) in [5.74, 6) is 1.28. The van der Waals surface area contributed by atoms with Gasteiger partial charge in [0, 0.05) is 21.1 Å². The lowest BCUT2D eigenvalue weighted by Gasteiger charge is -2.33. The number of carbonyl (C=O) groups is 1. The number of aromatic hydroxyl groups is 1. The van der Waals surface area contributed by atoms with E-state index in [0.717, 1.165) is 29.3 Å². The van der Waals surface area contributed by atoms with Crippen molar-refractivity contribution in [3.63, 3.8) is 0 Å². The lowest BCUT2D eigenvalue weighted by atomic mass is 9.72. The van der Waals surface area contributed by atoms with Gasteiger partial charge in [0.2, 0.25) is 0 Å². The summed E-state index contributed by atoms with van der Waals surface area (Å²) in [6.45, 7) is 7.17. The van der Waals surface area contributed by atoms with Gasteiger partial charge in [0.15, 0.2) is 0 Å². The molecule has 1 atom stereocenters. The highest BCUT2D eigenvalue weighted by Gasteiger charge is 2.33. The third-order valence-electron chi connectivity index (χ3n) is 6.01. The van der Waals surface area contributed by atoms with Crippen molar-refractivity contribution >= 4 is 44.4 Å². The lowest BCUT2D eigenvalue weighted by Crippen LogP contribution is -2.28. The molecule has 4 rings (SSSR count). The second kappa shape index (κ2) is 9.24. The van der Waals surface area contributed by atoms with Crippen LogP contribution in [0.1, 0.15) is 59.3 Å². The van der Waals surface area contributed by atoms with E-state index >= 15 is 0 Å². The van der Waals surface area contributed by atoms with E-state index in [-0.39, 0.29) is 17.1 Å². The van der Waals surface area contributed by atoms with E-state index in [2.05, 4.69) is 47.0 Å². The van der Waals surface area contributed by atoms with Crippen LogP contribution in [0.5, 0.6) is 5.75 Å². The van der Waals surface area contributed by atoms with Gasteiger partial charge < -0.3 is 14.8 Å². The van der Waals surface area contributed by atoms with E-state index in [4.69, 9.17) is 4.42 Å². The molecule has 0 saturated heterocycles. The van der Waals surface area contributed by atoms with E-state index in [9.17, 15) is 9.90 Å². The van der Waals surface area contributed by atoms with E-state index in [1.165, 1.54) is 4.88 Å². The number of aliphatic imine (C=N–C) groups is 1. The molecular weight excluding hydrogens is 488 g/mol. The molecule has 7 heteroatoms. The number of hydrogen-bond acceptors (Lipinski definition) is 5. The van der Waals surface area contributed by atoms with Gasteiger partial charge >= 0.3 is 0 Å². The predicted molar refractivity (Wildman–Crippen MR) is 132 cm³/mol. The molecule has 2 aromatic heterocycles. The minimum atomic E-state index is -0.140. The molecule has 0 saturated carbocycles. The number of nitrogens with one attached hydrogen (secondary N) is 1. The summed E-state index contributed by atoms with van der Waals surface area (Å²) in [6, 6.07) is 8.85. The molecular formula is C25H27BrN2O3S. The molecule has 0 bridgehead atoms. The van der Waals surface area contributed by atoms with Crippen LogP contribution in [0.2, 0.25) is 0 Å². The highest BCUT2D eigenvalue weighted by Crippen LogP contribution is 2.45. The van der Waals surface area contributed by atoms with E-state index < -0.39 is 0 Å². The summed E-state index contributed by atoms with van der Waals surface area (Å²) in [4.78, 5) is 19.1. The first-order valence-electron chi connectivity index (χ1n) is 10.7. The van der Waals surface area contributed by atoms with Crippen molar-refractivity contribution in [2.45, 2.75) is 46.6 Å². The minimum absolute atomic E-state index is 0.140. The Kier molecular flexibility index (Phi) is 6.58. The van der Waals surface area contributed by atoms with Gasteiger partial charge in [-0.2, -0.15) is 0 Å². The van der Waals surface area contributed by atoms with Crippen LogP contribution >= 0.6 is 27.3 Å². The molecule has 3 aromatic rings. The second-order valence-electron chi connectivity index (χ2n) is 9.21. The SMILES string of the molecule is CC(C)(C)[C@@H]1CCc2c(sc(N=Cc3cc(Br)ccc3O)c2C(=O)NCc2ccco2)C1. The van der Waals surface area contributed by atoms with Crippen LogP contribution in [-0.2, 0) is 19.4 Å². The van der Waals surface area contributed by atoms with Crippen LogP contribution in [-0.4, -0.2) is 17.2 Å². The zero-order valence-corrected chi connectivity index (χ0v) is 20.8. The summed E-state index contributed by atoms with van der Waals surface area (Å²) < 4.78 is 6.20. The summed E-state index contributed by atoms with van der Waals surface area (Å²) in [6.07, 6.45) is 6.11. The monoisotopic (exact) mass is 514 g/mol. The average Bonchev–Trinajstić information content (AvgIpc) is 3.39. The zero-order valence-electron chi connectivity index (χ0n) is 18.4. The van der Waals surface area contributed by atoms with Gasteiger partial charge in [-0.15, -0.1) is 11.3 Å². The van der Waals surface area contributed by atoms with Crippen molar-refractivity contribution in [2.24, 2.45) is 16.3 Å². The molecule has 32 heavy (non-hydrogen) atoms. The van der Waals surface area contributed by atoms with Gasteiger partial charge in [0.25, 0.3) is 5.91 Å². The fourth-order valence-corrected chi connectivity index (χ4v) is 5.71. The summed E-state index contributed by atoms with van der Waals surface area (Å²) in [5.41, 5.74) is 2.57. The Morgan fingerprint density at radius 2 is 2.19 bits per heavy atom. The summed E-state index contributed by atoms with van der Waals surface area (Å²) in [7, 11) is 0. The Morgan fingerprint density at radius 1 is 1.38 bits per heavy atom. The highest BCUT2D eigenvalue weighted by atomic mass is 79.9. The molecule has 168 valence electrons. The van der Waals surface area contributed by atoms with E-state index in [0.29, 0.717) is 34.4 Å². The highest BCUT2D eigenvalue weighted by molar-refractivity contribution is 9.10. The number of hydrogen-bond donors (Lipinski definition) is 2. The van der Waals surface area contributed by atoms with Gasteiger partial charge in [-0.05, 0) is 66.5 Å². The largest absolute Gasteiger partial charge is 0.507 e. The van der Waals surface area contributed by atoms with Gasteiger partial charge in [-0.1, -0.05) is 36.7 Å². The Bertz CT molecular complexity index is 1140. The number of phenolic OH excluding ortho intramolecular Hbond substituents is 1. The Labute approximate surface area is 200 Å². The minimum Gasteiger partial charge on any atom is -0.507 e. The molecule has 0 fully saturated rings. The number of rotatable bonds is 5. The number of halogens is 1. The third kappa shape index (κ3) is 4.99. The molecule has 1 amide bonds. The van der Waals surface area contributed by atoms with E-state index in [1.807, 2.05) is 6.07 Å². The first-order chi connectivity index (χ1) is 15.2. The first kappa shape index (κ1) is 22.8. The van der Waals surface area contributed by atoms with Gasteiger partial charge in [-0.3, -0.25) is 4.79 Å². The van der Waals surface area contributed by atoms with Crippen LogP contribution in [0.25, 0.3) is 0 Å². The number of furan rings is 1. The normalized spacial score (nSPS) is 16.3. The summed E-state index contributed by atoms with van der Waals surface area (Å²) >= 11 is 5.02. The number of phenols is 1. The zero-order chi connectivity index (χ0) is 22.9. The smallest absolute Gasteiger partial charge is 0.255 e. The summed E-state index contributed by atoms with van der Waals surface area (Å²) in [5, 5.41) is 13.8. The number of amides is 1. The molecule has 1 aromatic carbocycles. The maximum absolute atomic E-state index is 13.2. The van der Waals surface area contributed by atoms with Crippen LogP contribution in [0.15, 0.2) is 50.5 Å². The van der Waals surface area contributed by atoms with Crippen molar-refractivity contribution in [3.05, 3.63) is 68.4 Å². The Hall–Kier alpha value is -2.38. The second-order valence-corrected chi connectivity index (χ2v) is 11.2. The molecule has 0 radical (unpaired) electrons. The molecule has 0 unspecified atom stereocenters. The maximum atomic E-state index is 13.2. The van der Waals surface area contributed by atoms with E-state index in [1.54, 1.807) is 48.1 Å². The number of thiophene rings is 1. The number of fused-ring (bicyclic) bond motifs is 1. The Balaban J connectivity index is 1.67. The standard InChI is InChI=1S/C25H27BrN2O3S/c1-25(2,3)16-6-8-19-21(12-16)32-24(28-13-15-11-17(26)7-9-20(15)29)22(19)23(30)27-14-18-5-4-10-31-18/h4-5,7,9-11,13,16,29H,6,8,12,14H2,1-3H3,(H,27,30)/t16-/m1/s1. The van der Waals surface area contributed by atoms with Crippen LogP contribution < -0.4 is 5.32 Å². The van der Waals surface area contributed by atoms with Crippen molar-refractivity contribution in [1.29, 1.82) is 0 Å². The van der Waals surface area contributed by atoms with Gasteiger partial charge in [-0.25, -0.2) is 4.99 Å². The van der Waals surface area contributed by atoms with Gasteiger partial charge in [0.05, 0.1) is 18.4 Å². The van der Waals surface area contributed by atoms with Crippen LogP contribution in [0, 0.1) is 11.3 Å². The third-order valence-corrected chi connectivity index (χ3v) is 7.67. The number of benzene rings is 1. The fraction of sp³-hybridized carbons (Fsp3) is 0.360. The van der Waals surface area contributed by atoms with Crippen molar-refractivity contribution < 1.29 is 14.3 Å². The number of carbonyl (C=O) groups excluding carboxylic acids is 1. The maximum Gasteiger partial charge on any atom is 0.255 e. The molecule has 2 heterocycles. The molecule has 2 N–H and O–H groups in total. The molecule has 0 spiro atoms.